The minimum Gasteiger partial charge on any atom is -0.315 e. The molecule has 162 valence electrons. The average molecular weight is 384 g/mol. The highest BCUT2D eigenvalue weighted by atomic mass is 15.2. The van der Waals surface area contributed by atoms with Gasteiger partial charge in [0, 0.05) is 52.4 Å². The molecule has 0 rings (SSSR count). The smallest absolute Gasteiger partial charge is 0.0110 e. The predicted molar refractivity (Wildman–Crippen MR) is 121 cm³/mol. The van der Waals surface area contributed by atoms with Crippen LogP contribution in [0.15, 0.2) is 0 Å². The van der Waals surface area contributed by atoms with Gasteiger partial charge in [-0.1, -0.05) is 20.8 Å². The molecular weight excluding hydrogens is 334 g/mol. The Morgan fingerprint density at radius 3 is 1.59 bits per heavy atom. The predicted octanol–water partition coefficient (Wildman–Crippen LogP) is 2.37. The number of rotatable bonds is 20. The van der Waals surface area contributed by atoms with E-state index in [9.17, 15) is 0 Å². The molecule has 0 aromatic heterocycles. The molecule has 5 heteroatoms. The van der Waals surface area contributed by atoms with Gasteiger partial charge in [-0.3, -0.25) is 4.90 Å². The molecule has 0 aromatic carbocycles. The molecule has 0 atom stereocenters. The summed E-state index contributed by atoms with van der Waals surface area (Å²) >= 11 is 0. The molecule has 0 amide bonds. The lowest BCUT2D eigenvalue weighted by Gasteiger charge is -2.30. The highest BCUT2D eigenvalue weighted by molar-refractivity contribution is 4.68. The number of nitrogens with one attached hydrogen (secondary N) is 1. The molecule has 0 fully saturated rings. The van der Waals surface area contributed by atoms with Crippen molar-refractivity contribution in [2.75, 3.05) is 92.6 Å². The van der Waals surface area contributed by atoms with Gasteiger partial charge in [0.1, 0.15) is 0 Å². The summed E-state index contributed by atoms with van der Waals surface area (Å²) in [6, 6.07) is 0. The molecule has 27 heavy (non-hydrogen) atoms. The van der Waals surface area contributed by atoms with Gasteiger partial charge in [0.05, 0.1) is 0 Å². The monoisotopic (exact) mass is 383 g/mol. The van der Waals surface area contributed by atoms with E-state index in [0.717, 1.165) is 65.3 Å². The van der Waals surface area contributed by atoms with Crippen LogP contribution < -0.4 is 5.32 Å². The number of likely N-dealkylation sites (N-methyl/N-ethyl adjacent to an activating group) is 2. The third-order valence-corrected chi connectivity index (χ3v) is 5.02. The molecule has 0 unspecified atom stereocenters. The van der Waals surface area contributed by atoms with E-state index < -0.39 is 0 Å². The Bertz CT molecular complexity index is 284. The van der Waals surface area contributed by atoms with Crippen molar-refractivity contribution in [3.8, 4) is 0 Å². The van der Waals surface area contributed by atoms with Crippen molar-refractivity contribution in [1.29, 1.82) is 0 Å². The average Bonchev–Trinajstić information content (AvgIpc) is 2.64. The van der Waals surface area contributed by atoms with Gasteiger partial charge < -0.3 is 20.0 Å². The van der Waals surface area contributed by atoms with Crippen molar-refractivity contribution >= 4 is 0 Å². The molecule has 0 saturated carbocycles. The fraction of sp³-hybridized carbons (Fsp3) is 0.955. The maximum atomic E-state index is 5.69. The molecule has 0 aliphatic carbocycles. The number of hydrogen-bond acceptors (Lipinski definition) is 5. The third kappa shape index (κ3) is 16.5. The fourth-order valence-electron chi connectivity index (χ4n) is 3.26. The van der Waals surface area contributed by atoms with Crippen LogP contribution in [0.25, 0.3) is 0 Å². The van der Waals surface area contributed by atoms with Gasteiger partial charge in [0.15, 0.2) is 0 Å². The van der Waals surface area contributed by atoms with E-state index in [2.05, 4.69) is 59.8 Å². The first-order valence-corrected chi connectivity index (χ1v) is 11.3. The van der Waals surface area contributed by atoms with Crippen LogP contribution in [-0.2, 0) is 0 Å². The van der Waals surface area contributed by atoms with E-state index in [-0.39, 0.29) is 0 Å². The minimum absolute atomic E-state index is 0.741. The molecule has 0 heterocycles. The molecule has 1 N–H and O–H groups in total. The zero-order valence-corrected chi connectivity index (χ0v) is 19.2. The Balaban J connectivity index is 4.43. The molecule has 0 bridgehead atoms. The molecule has 0 spiro atoms. The lowest BCUT2D eigenvalue weighted by atomic mass is 10.3. The van der Waals surface area contributed by atoms with Crippen molar-refractivity contribution in [1.82, 2.24) is 24.9 Å². The van der Waals surface area contributed by atoms with Crippen LogP contribution in [0.5, 0.6) is 0 Å². The Kier molecular flexibility index (Phi) is 19.0. The van der Waals surface area contributed by atoms with E-state index in [1.807, 2.05) is 0 Å². The van der Waals surface area contributed by atoms with Crippen LogP contribution in [0, 0.1) is 6.92 Å². The second-order valence-corrected chi connectivity index (χ2v) is 7.83. The number of hydrogen-bond donors (Lipinski definition) is 1. The second-order valence-electron chi connectivity index (χ2n) is 7.83. The lowest BCUT2D eigenvalue weighted by Crippen LogP contribution is -2.43. The zero-order valence-electron chi connectivity index (χ0n) is 19.2. The second kappa shape index (κ2) is 19.1. The van der Waals surface area contributed by atoms with Crippen molar-refractivity contribution in [3.05, 3.63) is 6.92 Å². The lowest BCUT2D eigenvalue weighted by molar-refractivity contribution is 0.170. The summed E-state index contributed by atoms with van der Waals surface area (Å²) < 4.78 is 0. The van der Waals surface area contributed by atoms with Gasteiger partial charge in [0.25, 0.3) is 0 Å². The van der Waals surface area contributed by atoms with Crippen molar-refractivity contribution in [2.24, 2.45) is 0 Å². The molecule has 5 nitrogen and oxygen atoms in total. The van der Waals surface area contributed by atoms with Gasteiger partial charge in [-0.05, 0) is 72.9 Å². The van der Waals surface area contributed by atoms with Crippen molar-refractivity contribution < 1.29 is 0 Å². The highest BCUT2D eigenvalue weighted by Crippen LogP contribution is 1.98. The first-order valence-electron chi connectivity index (χ1n) is 11.3. The maximum absolute atomic E-state index is 5.69. The minimum atomic E-state index is 0.741. The molecular formula is C22H49N5. The van der Waals surface area contributed by atoms with Gasteiger partial charge in [0.2, 0.25) is 0 Å². The first-order chi connectivity index (χ1) is 13.1. The van der Waals surface area contributed by atoms with E-state index in [1.165, 1.54) is 38.9 Å². The number of nitrogens with zero attached hydrogens (tertiary/aromatic N) is 4. The molecule has 0 saturated heterocycles. The van der Waals surface area contributed by atoms with E-state index in [1.54, 1.807) is 0 Å². The Hall–Kier alpha value is -0.200. The SMILES string of the molecule is [CH]CCN(C)CCN(CCN(C)CCC)CCN(CCC)CCNCCC. The first kappa shape index (κ1) is 26.8. The van der Waals surface area contributed by atoms with Gasteiger partial charge in [-0.15, -0.1) is 0 Å². The fourth-order valence-corrected chi connectivity index (χ4v) is 3.26. The van der Waals surface area contributed by atoms with Crippen LogP contribution in [0.2, 0.25) is 0 Å². The van der Waals surface area contributed by atoms with Gasteiger partial charge in [-0.25, -0.2) is 0 Å². The standard InChI is InChI=1S/C22H49N5/c1-7-11-23-12-16-26(15-10-4)21-22-27(19-17-24(5)13-8-2)20-18-25(6)14-9-3/h2,23H,7-22H2,1,3-6H3. The summed E-state index contributed by atoms with van der Waals surface area (Å²) in [6.45, 7) is 26.1. The van der Waals surface area contributed by atoms with Crippen LogP contribution in [0.4, 0.5) is 0 Å². The summed E-state index contributed by atoms with van der Waals surface area (Å²) in [5.74, 6) is 0. The van der Waals surface area contributed by atoms with Crippen LogP contribution in [-0.4, -0.2) is 112 Å². The van der Waals surface area contributed by atoms with Crippen LogP contribution in [0.1, 0.15) is 46.5 Å². The summed E-state index contributed by atoms with van der Waals surface area (Å²) in [5.41, 5.74) is 0. The molecule has 0 aromatic rings. The van der Waals surface area contributed by atoms with Gasteiger partial charge >= 0.3 is 0 Å². The Labute approximate surface area is 171 Å². The van der Waals surface area contributed by atoms with E-state index in [0.29, 0.717) is 0 Å². The quantitative estimate of drug-likeness (QED) is 0.326. The molecule has 2 radical (unpaired) electrons. The van der Waals surface area contributed by atoms with E-state index >= 15 is 0 Å². The summed E-state index contributed by atoms with van der Waals surface area (Å²) in [4.78, 5) is 10.1. The third-order valence-electron chi connectivity index (χ3n) is 5.02. The molecule has 0 aliphatic heterocycles. The summed E-state index contributed by atoms with van der Waals surface area (Å²) in [6.07, 6.45) is 4.41. The van der Waals surface area contributed by atoms with Crippen molar-refractivity contribution in [2.45, 2.75) is 46.5 Å². The van der Waals surface area contributed by atoms with E-state index in [4.69, 9.17) is 6.92 Å². The highest BCUT2D eigenvalue weighted by Gasteiger charge is 2.11. The summed E-state index contributed by atoms with van der Waals surface area (Å²) in [5, 5.41) is 3.54. The maximum Gasteiger partial charge on any atom is 0.0110 e. The molecule has 0 aliphatic rings. The van der Waals surface area contributed by atoms with Crippen molar-refractivity contribution in [3.63, 3.8) is 0 Å². The normalized spacial score (nSPS) is 12.2. The van der Waals surface area contributed by atoms with Crippen LogP contribution >= 0.6 is 0 Å². The Morgan fingerprint density at radius 2 is 1.07 bits per heavy atom. The van der Waals surface area contributed by atoms with Gasteiger partial charge in [-0.2, -0.15) is 0 Å². The summed E-state index contributed by atoms with van der Waals surface area (Å²) in [7, 11) is 4.42. The van der Waals surface area contributed by atoms with Crippen LogP contribution in [0.3, 0.4) is 0 Å². The largest absolute Gasteiger partial charge is 0.315 e. The Morgan fingerprint density at radius 1 is 0.556 bits per heavy atom. The topological polar surface area (TPSA) is 25.0 Å². The zero-order chi connectivity index (χ0) is 20.3.